The van der Waals surface area contributed by atoms with Crippen molar-refractivity contribution in [2.75, 3.05) is 17.3 Å². The Morgan fingerprint density at radius 2 is 1.15 bits per heavy atom. The molecule has 0 saturated carbocycles. The third-order valence-corrected chi connectivity index (χ3v) is 12.4. The number of furan rings is 2. The average molecular weight is 647 g/mol. The molecular weight excluding hydrogens is 601 g/mol. The lowest BCUT2D eigenvalue weighted by Gasteiger charge is -2.07. The minimum absolute atomic E-state index is 0.331. The first-order valence-corrected chi connectivity index (χ1v) is 20.1. The lowest BCUT2D eigenvalue weighted by molar-refractivity contribution is 0.627. The zero-order valence-electron chi connectivity index (χ0n) is 27.5. The molecular formula is C42H46O2S2. The number of hydrogen-bond donors (Lipinski definition) is 0. The number of benzene rings is 5. The summed E-state index contributed by atoms with van der Waals surface area (Å²) in [5.41, 5.74) is 5.11. The van der Waals surface area contributed by atoms with E-state index >= 15 is 0 Å². The first-order valence-electron chi connectivity index (χ1n) is 17.4. The van der Waals surface area contributed by atoms with Crippen molar-refractivity contribution in [2.24, 2.45) is 0 Å². The molecule has 0 aliphatic carbocycles. The molecule has 0 radical (unpaired) electrons. The summed E-state index contributed by atoms with van der Waals surface area (Å²) in [5.74, 6) is 8.04. The minimum atomic E-state index is 0.331. The van der Waals surface area contributed by atoms with Gasteiger partial charge in [-0.3, -0.25) is 0 Å². The van der Waals surface area contributed by atoms with E-state index in [9.17, 15) is 0 Å². The summed E-state index contributed by atoms with van der Waals surface area (Å²) in [6.45, 7) is 4.53. The quantitative estimate of drug-likeness (QED) is 0.0630. The van der Waals surface area contributed by atoms with Crippen LogP contribution in [-0.2, 0) is 6.42 Å². The fourth-order valence-electron chi connectivity index (χ4n) is 6.90. The predicted octanol–water partition coefficient (Wildman–Crippen LogP) is 13.7. The van der Waals surface area contributed by atoms with Crippen molar-refractivity contribution in [2.45, 2.75) is 83.0 Å². The Hall–Kier alpha value is -3.21. The molecule has 7 aromatic rings. The van der Waals surface area contributed by atoms with Crippen molar-refractivity contribution >= 4 is 93.5 Å². The second kappa shape index (κ2) is 14.3. The molecule has 4 heteroatoms. The van der Waals surface area contributed by atoms with Gasteiger partial charge in [0.1, 0.15) is 22.3 Å². The van der Waals surface area contributed by atoms with Gasteiger partial charge in [0.15, 0.2) is 0 Å². The molecule has 7 rings (SSSR count). The van der Waals surface area contributed by atoms with Crippen LogP contribution in [-0.4, -0.2) is 23.1 Å². The van der Waals surface area contributed by atoms with Crippen molar-refractivity contribution in [3.05, 3.63) is 78.4 Å². The Balaban J connectivity index is 1.12. The number of hydrogen-bond acceptors (Lipinski definition) is 3. The van der Waals surface area contributed by atoms with Gasteiger partial charge in [-0.05, 0) is 125 Å². The zero-order valence-corrected chi connectivity index (χ0v) is 29.1. The lowest BCUT2D eigenvalue weighted by Crippen LogP contribution is -1.90. The molecule has 1 atom stereocenters. The van der Waals surface area contributed by atoms with Crippen LogP contribution < -0.4 is 0 Å². The smallest absolute Gasteiger partial charge is 0.136 e. The largest absolute Gasteiger partial charge is 0.456 e. The second-order valence-corrected chi connectivity index (χ2v) is 16.2. The van der Waals surface area contributed by atoms with Gasteiger partial charge in [-0.25, -0.2) is 0 Å². The molecule has 0 aliphatic rings. The van der Waals surface area contributed by atoms with Gasteiger partial charge in [0, 0.05) is 26.4 Å². The maximum absolute atomic E-state index is 6.50. The minimum Gasteiger partial charge on any atom is -0.456 e. The van der Waals surface area contributed by atoms with E-state index in [0.29, 0.717) is 10.5 Å². The summed E-state index contributed by atoms with van der Waals surface area (Å²) < 4.78 is 13.0. The van der Waals surface area contributed by atoms with Crippen molar-refractivity contribution in [1.82, 2.24) is 0 Å². The maximum atomic E-state index is 6.50. The Morgan fingerprint density at radius 3 is 1.85 bits per heavy atom. The zero-order chi connectivity index (χ0) is 31.5. The molecule has 0 fully saturated rings. The van der Waals surface area contributed by atoms with Crippen LogP contribution in [0.5, 0.6) is 0 Å². The van der Waals surface area contributed by atoms with Gasteiger partial charge in [0.25, 0.3) is 0 Å². The first-order chi connectivity index (χ1) is 22.6. The van der Waals surface area contributed by atoms with E-state index in [4.69, 9.17) is 8.83 Å². The van der Waals surface area contributed by atoms with Crippen molar-refractivity contribution in [3.63, 3.8) is 0 Å². The van der Waals surface area contributed by atoms with Gasteiger partial charge in [-0.1, -0.05) is 76.1 Å². The summed E-state index contributed by atoms with van der Waals surface area (Å²) >= 11 is 1.98. The van der Waals surface area contributed by atoms with Gasteiger partial charge in [0.2, 0.25) is 0 Å². The van der Waals surface area contributed by atoms with Crippen LogP contribution in [0.25, 0.3) is 65.4 Å². The van der Waals surface area contributed by atoms with E-state index in [0.717, 1.165) is 50.3 Å². The third kappa shape index (κ3) is 6.75. The summed E-state index contributed by atoms with van der Waals surface area (Å²) in [4.78, 5) is 1.34. The molecule has 2 heterocycles. The Morgan fingerprint density at radius 1 is 0.543 bits per heavy atom. The van der Waals surface area contributed by atoms with Gasteiger partial charge >= 0.3 is 0 Å². The normalized spacial score (nSPS) is 12.9. The molecule has 5 aromatic carbocycles. The topological polar surface area (TPSA) is 26.3 Å². The second-order valence-electron chi connectivity index (χ2n) is 13.0. The van der Waals surface area contributed by atoms with E-state index in [-0.39, 0.29) is 0 Å². The predicted molar refractivity (Wildman–Crippen MR) is 208 cm³/mol. The molecule has 2 nitrogen and oxygen atoms in total. The average Bonchev–Trinajstić information content (AvgIpc) is 3.58. The highest BCUT2D eigenvalue weighted by molar-refractivity contribution is 8.14. The molecule has 1 unspecified atom stereocenters. The molecule has 0 amide bonds. The Kier molecular flexibility index (Phi) is 9.74. The fourth-order valence-corrected chi connectivity index (χ4v) is 9.25. The maximum Gasteiger partial charge on any atom is 0.136 e. The number of aryl methyl sites for hydroxylation is 1. The summed E-state index contributed by atoms with van der Waals surface area (Å²) in [6.07, 6.45) is 12.9. The van der Waals surface area contributed by atoms with Crippen LogP contribution in [0.4, 0.5) is 0 Å². The van der Waals surface area contributed by atoms with Gasteiger partial charge in [-0.15, -0.1) is 11.8 Å². The van der Waals surface area contributed by atoms with Crippen LogP contribution in [0.1, 0.15) is 77.2 Å². The monoisotopic (exact) mass is 646 g/mol. The summed E-state index contributed by atoms with van der Waals surface area (Å²) in [7, 11) is 0.331. The van der Waals surface area contributed by atoms with Crippen LogP contribution >= 0.6 is 22.2 Å². The van der Waals surface area contributed by atoms with Crippen molar-refractivity contribution < 1.29 is 8.83 Å². The molecule has 238 valence electrons. The SMILES string of the molecule is C=S(CCC)CCCCc1ccc2cc3c(cc2c1)oc1cc2c(cc13)oc1cc3cc(SCCCCCCCC)ccc3cc12. The molecule has 0 N–H and O–H groups in total. The third-order valence-electron chi connectivity index (χ3n) is 9.42. The number of thioether (sulfide) groups is 1. The highest BCUT2D eigenvalue weighted by atomic mass is 32.2. The van der Waals surface area contributed by atoms with Crippen molar-refractivity contribution in [3.8, 4) is 0 Å². The van der Waals surface area contributed by atoms with E-state index in [1.54, 1.807) is 0 Å². The first kappa shape index (κ1) is 31.4. The van der Waals surface area contributed by atoms with E-state index in [1.165, 1.54) is 107 Å². The number of rotatable bonds is 15. The molecule has 2 aromatic heterocycles. The molecule has 46 heavy (non-hydrogen) atoms. The number of unbranched alkanes of at least 4 members (excludes halogenated alkanes) is 6. The van der Waals surface area contributed by atoms with Crippen LogP contribution in [0, 0.1) is 0 Å². The van der Waals surface area contributed by atoms with Crippen LogP contribution in [0.3, 0.4) is 0 Å². The van der Waals surface area contributed by atoms with Gasteiger partial charge < -0.3 is 8.83 Å². The fraction of sp³-hybridized carbons (Fsp3) is 0.357. The number of fused-ring (bicyclic) bond motifs is 8. The van der Waals surface area contributed by atoms with Crippen LogP contribution in [0.15, 0.2) is 86.5 Å². The summed E-state index contributed by atoms with van der Waals surface area (Å²) in [6, 6.07) is 27.1. The van der Waals surface area contributed by atoms with E-state index in [2.05, 4.69) is 92.5 Å². The molecule has 0 aliphatic heterocycles. The Bertz CT molecular complexity index is 2170. The standard InChI is InChI=1S/C42H46O2S2/c1-4-6-7-8-9-11-18-45-34-17-16-31-24-36-38-28-41-37(27-42(38)44-40(36)26-33(31)22-34)35-23-30-15-14-29(21-32(30)25-39(35)43-41)13-10-12-20-46(3)19-5-2/h14-17,21-28H,3-13,18-20H2,1-2H3. The summed E-state index contributed by atoms with van der Waals surface area (Å²) in [5, 5.41) is 9.50. The van der Waals surface area contributed by atoms with Crippen LogP contribution in [0.2, 0.25) is 0 Å². The lowest BCUT2D eigenvalue weighted by atomic mass is 10.0. The van der Waals surface area contributed by atoms with E-state index < -0.39 is 0 Å². The Labute approximate surface area is 279 Å². The van der Waals surface area contributed by atoms with Crippen molar-refractivity contribution in [1.29, 1.82) is 0 Å². The highest BCUT2D eigenvalue weighted by Crippen LogP contribution is 2.39. The molecule has 0 saturated heterocycles. The van der Waals surface area contributed by atoms with Gasteiger partial charge in [-0.2, -0.15) is 10.5 Å². The molecule has 0 bridgehead atoms. The van der Waals surface area contributed by atoms with Gasteiger partial charge in [0.05, 0.1) is 0 Å². The highest BCUT2D eigenvalue weighted by Gasteiger charge is 2.15. The van der Waals surface area contributed by atoms with E-state index in [1.807, 2.05) is 11.8 Å². The molecule has 0 spiro atoms.